The molecule has 8 nitrogen and oxygen atoms in total. The summed E-state index contributed by atoms with van der Waals surface area (Å²) in [5.74, 6) is 0.482. The second kappa shape index (κ2) is 11.7. The van der Waals surface area contributed by atoms with Gasteiger partial charge in [-0.1, -0.05) is 29.0 Å². The van der Waals surface area contributed by atoms with Crippen molar-refractivity contribution in [3.8, 4) is 0 Å². The van der Waals surface area contributed by atoms with Crippen LogP contribution in [0, 0.1) is 5.92 Å². The Balaban J connectivity index is 0. The zero-order valence-electron chi connectivity index (χ0n) is 13.6. The van der Waals surface area contributed by atoms with Gasteiger partial charge in [0.15, 0.2) is 0 Å². The molecule has 0 aliphatic heterocycles. The average molecular weight is 366 g/mol. The van der Waals surface area contributed by atoms with Crippen LogP contribution >= 0.6 is 15.2 Å². The summed E-state index contributed by atoms with van der Waals surface area (Å²) in [7, 11) is -9.82. The zero-order valence-corrected chi connectivity index (χ0v) is 17.4. The second-order valence-electron chi connectivity index (χ2n) is 5.56. The monoisotopic (exact) mass is 366 g/mol. The molecule has 0 aromatic heterocycles. The number of ether oxygens (including phenoxy) is 1. The van der Waals surface area contributed by atoms with Crippen LogP contribution in [-0.2, 0) is 13.9 Å². The molecule has 0 N–H and O–H groups in total. The van der Waals surface area contributed by atoms with Crippen LogP contribution in [0.5, 0.6) is 0 Å². The Hall–Kier alpha value is 1.22. The van der Waals surface area contributed by atoms with E-state index in [9.17, 15) is 28.7 Å². The van der Waals surface area contributed by atoms with Crippen LogP contribution in [0.3, 0.4) is 0 Å². The summed E-state index contributed by atoms with van der Waals surface area (Å²) in [6.45, 7) is 6.32. The minimum Gasteiger partial charge on any atom is -0.810 e. The summed E-state index contributed by atoms with van der Waals surface area (Å²) >= 11 is 0. The van der Waals surface area contributed by atoms with Gasteiger partial charge in [0, 0.05) is 25.7 Å². The van der Waals surface area contributed by atoms with Crippen LogP contribution in [0.1, 0.15) is 33.6 Å². The van der Waals surface area contributed by atoms with E-state index in [0.29, 0.717) is 18.9 Å². The van der Waals surface area contributed by atoms with E-state index in [2.05, 4.69) is 13.8 Å². The Labute approximate surface area is 154 Å². The summed E-state index contributed by atoms with van der Waals surface area (Å²) in [6.07, 6.45) is -0.696. The molecule has 11 heteroatoms. The molecule has 0 heterocycles. The van der Waals surface area contributed by atoms with Crippen LogP contribution in [0.2, 0.25) is 0 Å². The average Bonchev–Trinajstić information content (AvgIpc) is 2.18. The van der Waals surface area contributed by atoms with Gasteiger partial charge in [-0.15, -0.1) is 0 Å². The smallest absolute Gasteiger partial charge is 0.810 e. The molecular formula is C11H23NNaO7P2-3. The maximum absolute atomic E-state index is 10.7. The van der Waals surface area contributed by atoms with Crippen LogP contribution in [0.4, 0.5) is 0 Å². The Kier molecular flexibility index (Phi) is 13.6. The first-order valence-electron chi connectivity index (χ1n) is 6.75. The first-order chi connectivity index (χ1) is 9.39. The summed E-state index contributed by atoms with van der Waals surface area (Å²) in [6, 6.07) is 0. The quantitative estimate of drug-likeness (QED) is 0.204. The molecule has 0 aromatic carbocycles. The Morgan fingerprint density at radius 3 is 1.82 bits per heavy atom. The van der Waals surface area contributed by atoms with E-state index in [0.717, 1.165) is 11.3 Å². The van der Waals surface area contributed by atoms with E-state index >= 15 is 0 Å². The molecule has 0 aliphatic carbocycles. The third-order valence-corrected chi connectivity index (χ3v) is 4.06. The van der Waals surface area contributed by atoms with Crippen molar-refractivity contribution < 1.29 is 63.0 Å². The van der Waals surface area contributed by atoms with Gasteiger partial charge in [0.1, 0.15) is 0 Å². The maximum Gasteiger partial charge on any atom is 1.00 e. The van der Waals surface area contributed by atoms with Gasteiger partial charge in [-0.25, -0.2) is 0 Å². The van der Waals surface area contributed by atoms with Crippen molar-refractivity contribution >= 4 is 15.2 Å². The van der Waals surface area contributed by atoms with Gasteiger partial charge < -0.3 is 33.4 Å². The Bertz CT molecular complexity index is 361. The SMILES string of the molecule is CC(C)CC(C)OCCCN(CP(=O)([O-])[O-])CP(=O)([O-])[O-].[Na+]. The normalized spacial score (nSPS) is 14.2. The molecule has 1 unspecified atom stereocenters. The molecule has 0 rings (SSSR count). The van der Waals surface area contributed by atoms with Crippen molar-refractivity contribution in [3.63, 3.8) is 0 Å². The van der Waals surface area contributed by atoms with Crippen molar-refractivity contribution in [2.75, 3.05) is 25.7 Å². The molecule has 0 saturated heterocycles. The number of hydrogen-bond donors (Lipinski definition) is 0. The topological polar surface area (TPSA) is 139 Å². The van der Waals surface area contributed by atoms with Crippen molar-refractivity contribution in [2.45, 2.75) is 39.7 Å². The van der Waals surface area contributed by atoms with E-state index in [4.69, 9.17) is 4.74 Å². The largest absolute Gasteiger partial charge is 1.00 e. The minimum absolute atomic E-state index is 0. The van der Waals surface area contributed by atoms with Gasteiger partial charge in [-0.2, -0.15) is 0 Å². The minimum atomic E-state index is -4.91. The third kappa shape index (κ3) is 17.6. The zero-order chi connectivity index (χ0) is 16.7. The Morgan fingerprint density at radius 2 is 1.45 bits per heavy atom. The molecule has 0 aromatic rings. The fraction of sp³-hybridized carbons (Fsp3) is 1.00. The molecule has 0 saturated carbocycles. The molecule has 1 atom stereocenters. The molecule has 0 amide bonds. The fourth-order valence-corrected chi connectivity index (χ4v) is 3.60. The second-order valence-corrected chi connectivity index (χ2v) is 8.57. The number of hydrogen-bond acceptors (Lipinski definition) is 8. The summed E-state index contributed by atoms with van der Waals surface area (Å²) in [4.78, 5) is 43.6. The molecule has 0 fully saturated rings. The van der Waals surface area contributed by atoms with E-state index in [-0.39, 0.29) is 42.2 Å². The molecule has 0 spiro atoms. The van der Waals surface area contributed by atoms with Crippen molar-refractivity contribution in [3.05, 3.63) is 0 Å². The van der Waals surface area contributed by atoms with Gasteiger partial charge in [0.2, 0.25) is 0 Å². The first-order valence-corrected chi connectivity index (χ1v) is 10.2. The summed E-state index contributed by atoms with van der Waals surface area (Å²) < 4.78 is 26.9. The summed E-state index contributed by atoms with van der Waals surface area (Å²) in [5, 5.41) is 0. The number of nitrogens with zero attached hydrogens (tertiary/aromatic N) is 1. The van der Waals surface area contributed by atoms with E-state index in [1.807, 2.05) is 6.92 Å². The van der Waals surface area contributed by atoms with Gasteiger partial charge in [0.05, 0.1) is 6.10 Å². The van der Waals surface area contributed by atoms with Crippen LogP contribution < -0.4 is 49.1 Å². The molecular weight excluding hydrogens is 343 g/mol. The predicted molar refractivity (Wildman–Crippen MR) is 71.1 cm³/mol. The maximum atomic E-state index is 10.7. The van der Waals surface area contributed by atoms with E-state index < -0.39 is 27.8 Å². The van der Waals surface area contributed by atoms with E-state index in [1.165, 1.54) is 0 Å². The van der Waals surface area contributed by atoms with Gasteiger partial charge in [-0.3, -0.25) is 4.90 Å². The first kappa shape index (κ1) is 25.5. The van der Waals surface area contributed by atoms with Crippen LogP contribution in [-0.4, -0.2) is 36.7 Å². The van der Waals surface area contributed by atoms with Gasteiger partial charge in [0.25, 0.3) is 0 Å². The molecule has 22 heavy (non-hydrogen) atoms. The molecule has 0 bridgehead atoms. The fourth-order valence-electron chi connectivity index (χ4n) is 1.98. The number of rotatable bonds is 11. The van der Waals surface area contributed by atoms with Crippen LogP contribution in [0.25, 0.3) is 0 Å². The van der Waals surface area contributed by atoms with Gasteiger partial charge >= 0.3 is 29.6 Å². The third-order valence-electron chi connectivity index (χ3n) is 2.57. The van der Waals surface area contributed by atoms with Gasteiger partial charge in [-0.05, 0) is 25.7 Å². The van der Waals surface area contributed by atoms with Crippen molar-refractivity contribution in [2.24, 2.45) is 5.92 Å². The standard InChI is InChI=1S/C11H27NO7P2.Na/c1-10(2)7-11(3)19-6-4-5-12(8-20(13,14)15)9-21(16,17)18;/h10-11H,4-9H2,1-3H3,(H2,13,14,15)(H2,16,17,18);/q;+1/p-4. The van der Waals surface area contributed by atoms with Crippen molar-refractivity contribution in [1.29, 1.82) is 0 Å². The van der Waals surface area contributed by atoms with E-state index in [1.54, 1.807) is 0 Å². The molecule has 0 radical (unpaired) electrons. The molecule has 128 valence electrons. The summed E-state index contributed by atoms with van der Waals surface area (Å²) in [5.41, 5.74) is 0. The predicted octanol–water partition coefficient (Wildman–Crippen LogP) is -4.12. The van der Waals surface area contributed by atoms with Crippen LogP contribution in [0.15, 0.2) is 0 Å². The molecule has 0 aliphatic rings. The Morgan fingerprint density at radius 1 is 1.00 bits per heavy atom. The van der Waals surface area contributed by atoms with Crippen molar-refractivity contribution in [1.82, 2.24) is 4.90 Å².